The standard InChI is InChI=1S/C23H24N6O4/c1-13-14(2)28-29(15(13)3)20-9-8-19(26-27-20)24-10-11-25-22(30)17-12-16-6-5-7-18(32-4)21(16)33-23(17)31/h5-9,12H,10-11H2,1-4H3,(H,24,26)(H,25,30). The predicted octanol–water partition coefficient (Wildman–Crippen LogP) is 2.54. The zero-order chi connectivity index (χ0) is 23.5. The molecule has 0 saturated carbocycles. The normalized spacial score (nSPS) is 10.9. The third-order valence-corrected chi connectivity index (χ3v) is 5.43. The van der Waals surface area contributed by atoms with E-state index in [9.17, 15) is 9.59 Å². The van der Waals surface area contributed by atoms with Crippen LogP contribution in [-0.2, 0) is 0 Å². The van der Waals surface area contributed by atoms with E-state index >= 15 is 0 Å². The zero-order valence-corrected chi connectivity index (χ0v) is 18.8. The summed E-state index contributed by atoms with van der Waals surface area (Å²) in [5.74, 6) is 1.10. The van der Waals surface area contributed by atoms with E-state index in [4.69, 9.17) is 9.15 Å². The number of rotatable bonds is 7. The Balaban J connectivity index is 1.35. The molecule has 0 spiro atoms. The van der Waals surface area contributed by atoms with Crippen LogP contribution in [0.2, 0.25) is 0 Å². The smallest absolute Gasteiger partial charge is 0.349 e. The van der Waals surface area contributed by atoms with Crippen molar-refractivity contribution < 1.29 is 13.9 Å². The van der Waals surface area contributed by atoms with Crippen LogP contribution in [0.1, 0.15) is 27.3 Å². The number of carbonyl (C=O) groups excluding carboxylic acids is 1. The first-order chi connectivity index (χ1) is 15.9. The number of nitrogens with zero attached hydrogens (tertiary/aromatic N) is 4. The van der Waals surface area contributed by atoms with E-state index in [0.29, 0.717) is 34.9 Å². The number of methoxy groups -OCH3 is 1. The Kier molecular flexibility index (Phi) is 6.07. The van der Waals surface area contributed by atoms with Gasteiger partial charge in [0.1, 0.15) is 11.4 Å². The van der Waals surface area contributed by atoms with Gasteiger partial charge in [0.15, 0.2) is 17.2 Å². The number of nitrogens with one attached hydrogen (secondary N) is 2. The fraction of sp³-hybridized carbons (Fsp3) is 0.261. The zero-order valence-electron chi connectivity index (χ0n) is 18.8. The van der Waals surface area contributed by atoms with Gasteiger partial charge in [-0.3, -0.25) is 4.79 Å². The van der Waals surface area contributed by atoms with Crippen LogP contribution in [0.15, 0.2) is 45.6 Å². The van der Waals surface area contributed by atoms with Crippen molar-refractivity contribution in [3.05, 3.63) is 69.3 Å². The maximum absolute atomic E-state index is 12.5. The van der Waals surface area contributed by atoms with Crippen LogP contribution in [0, 0.1) is 20.8 Å². The lowest BCUT2D eigenvalue weighted by Crippen LogP contribution is -2.32. The summed E-state index contributed by atoms with van der Waals surface area (Å²) in [4.78, 5) is 24.7. The molecule has 0 saturated heterocycles. The maximum atomic E-state index is 12.5. The highest BCUT2D eigenvalue weighted by Gasteiger charge is 2.15. The van der Waals surface area contributed by atoms with Gasteiger partial charge in [-0.05, 0) is 50.6 Å². The largest absolute Gasteiger partial charge is 0.493 e. The lowest BCUT2D eigenvalue weighted by atomic mass is 10.1. The Bertz CT molecular complexity index is 1370. The minimum absolute atomic E-state index is 0.0694. The first kappa shape index (κ1) is 22.0. The van der Waals surface area contributed by atoms with Crippen LogP contribution in [0.25, 0.3) is 16.8 Å². The van der Waals surface area contributed by atoms with Crippen LogP contribution in [0.3, 0.4) is 0 Å². The number of fused-ring (bicyclic) bond motifs is 1. The highest BCUT2D eigenvalue weighted by atomic mass is 16.5. The molecule has 4 rings (SSSR count). The first-order valence-corrected chi connectivity index (χ1v) is 10.4. The molecule has 3 aromatic heterocycles. The van der Waals surface area contributed by atoms with Crippen molar-refractivity contribution in [1.82, 2.24) is 25.3 Å². The highest BCUT2D eigenvalue weighted by Crippen LogP contribution is 2.24. The summed E-state index contributed by atoms with van der Waals surface area (Å²) in [7, 11) is 1.49. The molecular weight excluding hydrogens is 424 g/mol. The number of hydrogen-bond acceptors (Lipinski definition) is 8. The van der Waals surface area contributed by atoms with E-state index in [1.54, 1.807) is 28.9 Å². The summed E-state index contributed by atoms with van der Waals surface area (Å²) in [5.41, 5.74) is 2.60. The molecule has 0 atom stereocenters. The third kappa shape index (κ3) is 4.40. The maximum Gasteiger partial charge on any atom is 0.349 e. The number of benzene rings is 1. The number of amides is 1. The van der Waals surface area contributed by atoms with Crippen molar-refractivity contribution in [1.29, 1.82) is 0 Å². The number of hydrogen-bond donors (Lipinski definition) is 2. The van der Waals surface area contributed by atoms with Gasteiger partial charge in [0, 0.05) is 24.2 Å². The lowest BCUT2D eigenvalue weighted by molar-refractivity contribution is 0.0951. The second kappa shape index (κ2) is 9.11. The third-order valence-electron chi connectivity index (χ3n) is 5.43. The summed E-state index contributed by atoms with van der Waals surface area (Å²) < 4.78 is 12.2. The van der Waals surface area contributed by atoms with Gasteiger partial charge < -0.3 is 19.8 Å². The fourth-order valence-electron chi connectivity index (χ4n) is 3.37. The number of carbonyl (C=O) groups is 1. The average Bonchev–Trinajstić information content (AvgIpc) is 3.08. The molecule has 1 amide bonds. The Hall–Kier alpha value is -4.21. The molecule has 0 aliphatic carbocycles. The van der Waals surface area contributed by atoms with Gasteiger partial charge in [0.2, 0.25) is 0 Å². The van der Waals surface area contributed by atoms with Crippen molar-refractivity contribution in [2.24, 2.45) is 0 Å². The van der Waals surface area contributed by atoms with Gasteiger partial charge in [-0.25, -0.2) is 9.48 Å². The van der Waals surface area contributed by atoms with Gasteiger partial charge in [0.05, 0.1) is 12.8 Å². The molecule has 0 radical (unpaired) electrons. The summed E-state index contributed by atoms with van der Waals surface area (Å²) in [6, 6.07) is 10.3. The summed E-state index contributed by atoms with van der Waals surface area (Å²) in [6.07, 6.45) is 0. The van der Waals surface area contributed by atoms with E-state index in [1.165, 1.54) is 13.2 Å². The highest BCUT2D eigenvalue weighted by molar-refractivity contribution is 5.97. The van der Waals surface area contributed by atoms with Crippen molar-refractivity contribution in [3.8, 4) is 11.6 Å². The number of aromatic nitrogens is 4. The Morgan fingerprint density at radius 2 is 1.94 bits per heavy atom. The molecule has 0 aliphatic rings. The summed E-state index contributed by atoms with van der Waals surface area (Å²) in [6.45, 7) is 6.62. The Morgan fingerprint density at radius 1 is 1.12 bits per heavy atom. The summed E-state index contributed by atoms with van der Waals surface area (Å²) >= 11 is 0. The molecule has 1 aromatic carbocycles. The van der Waals surface area contributed by atoms with Crippen LogP contribution in [0.5, 0.6) is 5.75 Å². The first-order valence-electron chi connectivity index (χ1n) is 10.4. The van der Waals surface area contributed by atoms with Crippen molar-refractivity contribution in [2.45, 2.75) is 20.8 Å². The quantitative estimate of drug-likeness (QED) is 0.327. The van der Waals surface area contributed by atoms with E-state index in [-0.39, 0.29) is 12.1 Å². The minimum Gasteiger partial charge on any atom is -0.493 e. The van der Waals surface area contributed by atoms with Crippen molar-refractivity contribution >= 4 is 22.7 Å². The number of anilines is 1. The molecule has 2 N–H and O–H groups in total. The van der Waals surface area contributed by atoms with Crippen LogP contribution < -0.4 is 21.0 Å². The van der Waals surface area contributed by atoms with E-state index in [0.717, 1.165) is 17.0 Å². The average molecular weight is 448 g/mol. The Labute approximate surface area is 189 Å². The topological polar surface area (TPSA) is 124 Å². The van der Waals surface area contributed by atoms with Gasteiger partial charge >= 0.3 is 5.63 Å². The lowest BCUT2D eigenvalue weighted by Gasteiger charge is -2.08. The number of ether oxygens (including phenoxy) is 1. The van der Waals surface area contributed by atoms with Gasteiger partial charge in [-0.1, -0.05) is 12.1 Å². The van der Waals surface area contributed by atoms with Gasteiger partial charge in [-0.15, -0.1) is 10.2 Å². The minimum atomic E-state index is -0.724. The molecule has 4 aromatic rings. The van der Waals surface area contributed by atoms with Crippen molar-refractivity contribution in [2.75, 3.05) is 25.5 Å². The van der Waals surface area contributed by atoms with E-state index < -0.39 is 11.5 Å². The second-order valence-corrected chi connectivity index (χ2v) is 7.49. The van der Waals surface area contributed by atoms with Gasteiger partial charge in [-0.2, -0.15) is 5.10 Å². The van der Waals surface area contributed by atoms with E-state index in [1.807, 2.05) is 26.8 Å². The Morgan fingerprint density at radius 3 is 2.61 bits per heavy atom. The number of aryl methyl sites for hydroxylation is 1. The van der Waals surface area contributed by atoms with Crippen molar-refractivity contribution in [3.63, 3.8) is 0 Å². The monoisotopic (exact) mass is 448 g/mol. The molecule has 0 fully saturated rings. The SMILES string of the molecule is COc1cccc2cc(C(=O)NCCNc3ccc(-n4nc(C)c(C)c4C)nn3)c(=O)oc12. The molecular formula is C23H24N6O4. The van der Waals surface area contributed by atoms with Crippen LogP contribution in [0.4, 0.5) is 5.82 Å². The summed E-state index contributed by atoms with van der Waals surface area (Å²) in [5, 5.41) is 19.2. The molecule has 33 heavy (non-hydrogen) atoms. The number of para-hydroxylation sites is 1. The molecule has 0 unspecified atom stereocenters. The molecule has 0 aliphatic heterocycles. The predicted molar refractivity (Wildman–Crippen MR) is 123 cm³/mol. The molecule has 170 valence electrons. The molecule has 0 bridgehead atoms. The molecule has 10 heteroatoms. The van der Waals surface area contributed by atoms with Crippen LogP contribution in [-0.4, -0.2) is 46.1 Å². The molecule has 3 heterocycles. The van der Waals surface area contributed by atoms with Gasteiger partial charge in [0.25, 0.3) is 5.91 Å². The second-order valence-electron chi connectivity index (χ2n) is 7.49. The van der Waals surface area contributed by atoms with E-state index in [2.05, 4.69) is 25.9 Å². The molecule has 10 nitrogen and oxygen atoms in total. The van der Waals surface area contributed by atoms with Crippen LogP contribution >= 0.6 is 0 Å². The fourth-order valence-corrected chi connectivity index (χ4v) is 3.37.